The van der Waals surface area contributed by atoms with Crippen LogP contribution in [-0.2, 0) is 12.8 Å². The summed E-state index contributed by atoms with van der Waals surface area (Å²) in [5.74, 6) is -0.709. The van der Waals surface area contributed by atoms with Gasteiger partial charge in [0.05, 0.1) is 5.56 Å². The molecular formula is C20H19FN2O. The van der Waals surface area contributed by atoms with E-state index in [1.54, 1.807) is 30.1 Å². The van der Waals surface area contributed by atoms with Gasteiger partial charge in [-0.2, -0.15) is 0 Å². The van der Waals surface area contributed by atoms with Gasteiger partial charge in [-0.1, -0.05) is 30.3 Å². The Labute approximate surface area is 140 Å². The number of nitrogens with zero attached hydrogens (tertiary/aromatic N) is 1. The van der Waals surface area contributed by atoms with Crippen molar-refractivity contribution in [1.82, 2.24) is 9.88 Å². The van der Waals surface area contributed by atoms with Crippen LogP contribution in [0.25, 0.3) is 10.9 Å². The zero-order chi connectivity index (χ0) is 16.7. The maximum atomic E-state index is 13.9. The van der Waals surface area contributed by atoms with Gasteiger partial charge in [0.15, 0.2) is 0 Å². The molecule has 0 fully saturated rings. The van der Waals surface area contributed by atoms with Crippen molar-refractivity contribution in [3.63, 3.8) is 0 Å². The van der Waals surface area contributed by atoms with Crippen molar-refractivity contribution in [3.05, 3.63) is 71.2 Å². The molecule has 1 aromatic heterocycles. The van der Waals surface area contributed by atoms with E-state index < -0.39 is 5.82 Å². The molecule has 1 atom stereocenters. The molecule has 1 aliphatic rings. The summed E-state index contributed by atoms with van der Waals surface area (Å²) in [5, 5.41) is 1.23. The first-order chi connectivity index (χ1) is 11.6. The average molecular weight is 322 g/mol. The second-order valence-electron chi connectivity index (χ2n) is 6.42. The van der Waals surface area contributed by atoms with Gasteiger partial charge >= 0.3 is 0 Å². The van der Waals surface area contributed by atoms with Gasteiger partial charge < -0.3 is 9.88 Å². The van der Waals surface area contributed by atoms with Crippen LogP contribution in [0.3, 0.4) is 0 Å². The van der Waals surface area contributed by atoms with Gasteiger partial charge in [0.25, 0.3) is 5.91 Å². The monoisotopic (exact) mass is 322 g/mol. The summed E-state index contributed by atoms with van der Waals surface area (Å²) in [4.78, 5) is 17.8. The van der Waals surface area contributed by atoms with Crippen LogP contribution in [0.5, 0.6) is 0 Å². The molecular weight excluding hydrogens is 303 g/mol. The Hall–Kier alpha value is -2.62. The fourth-order valence-electron chi connectivity index (χ4n) is 3.67. The van der Waals surface area contributed by atoms with E-state index in [0.717, 1.165) is 24.8 Å². The number of carbonyl (C=O) groups excluding carboxylic acids is 1. The van der Waals surface area contributed by atoms with Crippen molar-refractivity contribution in [2.24, 2.45) is 0 Å². The number of halogens is 1. The Morgan fingerprint density at radius 2 is 1.92 bits per heavy atom. The van der Waals surface area contributed by atoms with E-state index in [1.165, 1.54) is 22.7 Å². The van der Waals surface area contributed by atoms with Gasteiger partial charge in [0.1, 0.15) is 5.82 Å². The zero-order valence-corrected chi connectivity index (χ0v) is 13.6. The number of amides is 1. The van der Waals surface area contributed by atoms with E-state index in [0.29, 0.717) is 0 Å². The summed E-state index contributed by atoms with van der Waals surface area (Å²) in [6, 6.07) is 14.5. The van der Waals surface area contributed by atoms with Crippen molar-refractivity contribution < 1.29 is 9.18 Å². The number of hydrogen-bond acceptors (Lipinski definition) is 1. The molecule has 3 nitrogen and oxygen atoms in total. The predicted octanol–water partition coefficient (Wildman–Crippen LogP) is 3.94. The molecule has 2 aromatic carbocycles. The predicted molar refractivity (Wildman–Crippen MR) is 92.6 cm³/mol. The summed E-state index contributed by atoms with van der Waals surface area (Å²) >= 11 is 0. The Kier molecular flexibility index (Phi) is 3.60. The van der Waals surface area contributed by atoms with Crippen LogP contribution >= 0.6 is 0 Å². The van der Waals surface area contributed by atoms with Crippen molar-refractivity contribution in [2.45, 2.75) is 25.3 Å². The van der Waals surface area contributed by atoms with Crippen molar-refractivity contribution in [3.8, 4) is 0 Å². The first-order valence-corrected chi connectivity index (χ1v) is 8.25. The number of carbonyl (C=O) groups is 1. The minimum absolute atomic E-state index is 0.0869. The topological polar surface area (TPSA) is 36.1 Å². The standard InChI is InChI=1S/C20H19FN2O/c1-23(20(24)15-7-2-4-8-17(15)21)13-10-11-19-16(12-13)14-6-3-5-9-18(14)22-19/h2-9,13,22H,10-12H2,1H3. The van der Waals surface area contributed by atoms with Gasteiger partial charge in [-0.15, -0.1) is 0 Å². The van der Waals surface area contributed by atoms with E-state index in [-0.39, 0.29) is 17.5 Å². The molecule has 3 aromatic rings. The molecule has 4 rings (SSSR count). The number of H-pyrrole nitrogens is 1. The number of likely N-dealkylation sites (N-methyl/N-ethyl adjacent to an activating group) is 1. The van der Waals surface area contributed by atoms with Crippen molar-refractivity contribution in [1.29, 1.82) is 0 Å². The van der Waals surface area contributed by atoms with E-state index in [1.807, 2.05) is 12.1 Å². The van der Waals surface area contributed by atoms with E-state index in [2.05, 4.69) is 17.1 Å². The second kappa shape index (κ2) is 5.78. The molecule has 1 heterocycles. The summed E-state index contributed by atoms with van der Waals surface area (Å²) in [6.07, 6.45) is 2.59. The lowest BCUT2D eigenvalue weighted by atomic mass is 9.90. The summed E-state index contributed by atoms with van der Waals surface area (Å²) in [6.45, 7) is 0. The van der Waals surface area contributed by atoms with Crippen LogP contribution < -0.4 is 0 Å². The van der Waals surface area contributed by atoms with E-state index in [9.17, 15) is 9.18 Å². The molecule has 0 saturated carbocycles. The number of aromatic nitrogens is 1. The van der Waals surface area contributed by atoms with Gasteiger partial charge in [-0.3, -0.25) is 4.79 Å². The van der Waals surface area contributed by atoms with Crippen LogP contribution in [0.4, 0.5) is 4.39 Å². The van der Waals surface area contributed by atoms with Gasteiger partial charge in [-0.25, -0.2) is 4.39 Å². The summed E-state index contributed by atoms with van der Waals surface area (Å²) in [5.41, 5.74) is 3.84. The minimum atomic E-state index is -0.460. The number of hydrogen-bond donors (Lipinski definition) is 1. The van der Waals surface area contributed by atoms with Crippen LogP contribution in [0.2, 0.25) is 0 Å². The lowest BCUT2D eigenvalue weighted by Gasteiger charge is -2.31. The largest absolute Gasteiger partial charge is 0.358 e. The Balaban J connectivity index is 1.62. The number of para-hydroxylation sites is 1. The van der Waals surface area contributed by atoms with E-state index in [4.69, 9.17) is 0 Å². The molecule has 1 unspecified atom stereocenters. The van der Waals surface area contributed by atoms with Crippen molar-refractivity contribution >= 4 is 16.8 Å². The molecule has 0 aliphatic heterocycles. The SMILES string of the molecule is CN(C(=O)c1ccccc1F)C1CCc2[nH]c3ccccc3c2C1. The molecule has 4 heteroatoms. The molecule has 0 radical (unpaired) electrons. The average Bonchev–Trinajstić information content (AvgIpc) is 2.99. The normalized spacial score (nSPS) is 16.8. The Morgan fingerprint density at radius 1 is 1.17 bits per heavy atom. The minimum Gasteiger partial charge on any atom is -0.358 e. The smallest absolute Gasteiger partial charge is 0.256 e. The fourth-order valence-corrected chi connectivity index (χ4v) is 3.67. The third-order valence-corrected chi connectivity index (χ3v) is 5.04. The highest BCUT2D eigenvalue weighted by Crippen LogP contribution is 2.31. The Bertz CT molecular complexity index is 915. The highest BCUT2D eigenvalue weighted by atomic mass is 19.1. The number of rotatable bonds is 2. The second-order valence-corrected chi connectivity index (χ2v) is 6.42. The maximum Gasteiger partial charge on any atom is 0.256 e. The molecule has 24 heavy (non-hydrogen) atoms. The van der Waals surface area contributed by atoms with E-state index >= 15 is 0 Å². The highest BCUT2D eigenvalue weighted by molar-refractivity contribution is 5.94. The summed E-state index contributed by atoms with van der Waals surface area (Å²) < 4.78 is 13.9. The van der Waals surface area contributed by atoms with Crippen LogP contribution in [0.1, 0.15) is 28.0 Å². The quantitative estimate of drug-likeness (QED) is 0.762. The lowest BCUT2D eigenvalue weighted by Crippen LogP contribution is -2.40. The molecule has 1 amide bonds. The molecule has 122 valence electrons. The third kappa shape index (κ3) is 2.39. The van der Waals surface area contributed by atoms with Gasteiger partial charge in [0, 0.05) is 29.7 Å². The van der Waals surface area contributed by atoms with Crippen LogP contribution in [0.15, 0.2) is 48.5 Å². The molecule has 1 aliphatic carbocycles. The molecule has 0 saturated heterocycles. The lowest BCUT2D eigenvalue weighted by molar-refractivity contribution is 0.0714. The zero-order valence-electron chi connectivity index (χ0n) is 13.6. The number of aromatic amines is 1. The first kappa shape index (κ1) is 14.9. The molecule has 1 N–H and O–H groups in total. The first-order valence-electron chi connectivity index (χ1n) is 8.25. The van der Waals surface area contributed by atoms with Crippen LogP contribution in [0, 0.1) is 5.82 Å². The third-order valence-electron chi connectivity index (χ3n) is 5.04. The number of benzene rings is 2. The highest BCUT2D eigenvalue weighted by Gasteiger charge is 2.28. The number of aryl methyl sites for hydroxylation is 1. The fraction of sp³-hybridized carbons (Fsp3) is 0.250. The van der Waals surface area contributed by atoms with Gasteiger partial charge in [-0.05, 0) is 43.0 Å². The number of fused-ring (bicyclic) bond motifs is 3. The van der Waals surface area contributed by atoms with Crippen LogP contribution in [-0.4, -0.2) is 28.9 Å². The Morgan fingerprint density at radius 3 is 2.75 bits per heavy atom. The molecule has 0 spiro atoms. The van der Waals surface area contributed by atoms with Gasteiger partial charge in [0.2, 0.25) is 0 Å². The summed E-state index contributed by atoms with van der Waals surface area (Å²) in [7, 11) is 1.78. The maximum absolute atomic E-state index is 13.9. The van der Waals surface area contributed by atoms with Crippen molar-refractivity contribution in [2.75, 3.05) is 7.05 Å². The number of nitrogens with one attached hydrogen (secondary N) is 1. The molecule has 0 bridgehead atoms.